The van der Waals surface area contributed by atoms with Crippen molar-refractivity contribution < 1.29 is 9.47 Å². The SMILES string of the molecule is CCOC1CC(NC(CC)c2ccc(C)cc2)C1OC. The van der Waals surface area contributed by atoms with Crippen molar-refractivity contribution in [1.29, 1.82) is 0 Å². The van der Waals surface area contributed by atoms with E-state index < -0.39 is 0 Å². The first kappa shape index (κ1) is 15.5. The molecule has 1 aliphatic rings. The average molecular weight is 277 g/mol. The summed E-state index contributed by atoms with van der Waals surface area (Å²) >= 11 is 0. The molecule has 3 heteroatoms. The highest BCUT2D eigenvalue weighted by atomic mass is 16.5. The smallest absolute Gasteiger partial charge is 0.0987 e. The zero-order chi connectivity index (χ0) is 14.5. The number of methoxy groups -OCH3 is 1. The second-order valence-electron chi connectivity index (χ2n) is 5.57. The fourth-order valence-electron chi connectivity index (χ4n) is 2.94. The molecule has 1 saturated carbocycles. The summed E-state index contributed by atoms with van der Waals surface area (Å²) < 4.78 is 11.3. The van der Waals surface area contributed by atoms with E-state index in [0.717, 1.165) is 19.4 Å². The van der Waals surface area contributed by atoms with Crippen LogP contribution in [0.15, 0.2) is 24.3 Å². The fourth-order valence-corrected chi connectivity index (χ4v) is 2.94. The van der Waals surface area contributed by atoms with Gasteiger partial charge in [-0.25, -0.2) is 0 Å². The molecule has 1 aliphatic carbocycles. The normalized spacial score (nSPS) is 27.1. The van der Waals surface area contributed by atoms with Crippen LogP contribution in [0.25, 0.3) is 0 Å². The van der Waals surface area contributed by atoms with Crippen molar-refractivity contribution in [2.24, 2.45) is 0 Å². The molecular formula is C17H27NO2. The van der Waals surface area contributed by atoms with Gasteiger partial charge in [-0.1, -0.05) is 36.8 Å². The van der Waals surface area contributed by atoms with E-state index >= 15 is 0 Å². The van der Waals surface area contributed by atoms with Gasteiger partial charge in [-0.15, -0.1) is 0 Å². The zero-order valence-corrected chi connectivity index (χ0v) is 13.1. The Balaban J connectivity index is 1.95. The van der Waals surface area contributed by atoms with Gasteiger partial charge in [0, 0.05) is 25.8 Å². The zero-order valence-electron chi connectivity index (χ0n) is 13.1. The lowest BCUT2D eigenvalue weighted by atomic mass is 9.84. The van der Waals surface area contributed by atoms with Crippen LogP contribution in [-0.4, -0.2) is 32.0 Å². The number of hydrogen-bond donors (Lipinski definition) is 1. The molecule has 4 unspecified atom stereocenters. The van der Waals surface area contributed by atoms with Gasteiger partial charge in [-0.05, 0) is 32.3 Å². The molecule has 1 aromatic rings. The maximum Gasteiger partial charge on any atom is 0.0987 e. The van der Waals surface area contributed by atoms with Gasteiger partial charge in [0.2, 0.25) is 0 Å². The van der Waals surface area contributed by atoms with Gasteiger partial charge >= 0.3 is 0 Å². The topological polar surface area (TPSA) is 30.5 Å². The molecule has 0 saturated heterocycles. The Bertz CT molecular complexity index is 404. The van der Waals surface area contributed by atoms with E-state index in [1.165, 1.54) is 11.1 Å². The van der Waals surface area contributed by atoms with Crippen LogP contribution in [0.3, 0.4) is 0 Å². The minimum absolute atomic E-state index is 0.175. The molecule has 0 radical (unpaired) electrons. The number of hydrogen-bond acceptors (Lipinski definition) is 3. The van der Waals surface area contributed by atoms with Crippen molar-refractivity contribution in [3.8, 4) is 0 Å². The lowest BCUT2D eigenvalue weighted by Gasteiger charge is -2.45. The van der Waals surface area contributed by atoms with Gasteiger partial charge in [0.05, 0.1) is 12.2 Å². The fraction of sp³-hybridized carbons (Fsp3) is 0.647. The highest BCUT2D eigenvalue weighted by Gasteiger charge is 2.42. The summed E-state index contributed by atoms with van der Waals surface area (Å²) in [5, 5.41) is 3.72. The molecule has 0 heterocycles. The Morgan fingerprint density at radius 1 is 1.25 bits per heavy atom. The third-order valence-corrected chi connectivity index (χ3v) is 4.21. The third kappa shape index (κ3) is 3.40. The van der Waals surface area contributed by atoms with Crippen LogP contribution in [0.1, 0.15) is 43.9 Å². The minimum atomic E-state index is 0.175. The summed E-state index contributed by atoms with van der Waals surface area (Å²) in [4.78, 5) is 0. The average Bonchev–Trinajstić information content (AvgIpc) is 2.44. The predicted octanol–water partition coefficient (Wildman–Crippen LogP) is 3.23. The Morgan fingerprint density at radius 2 is 1.95 bits per heavy atom. The molecule has 4 atom stereocenters. The molecular weight excluding hydrogens is 250 g/mol. The highest BCUT2D eigenvalue weighted by Crippen LogP contribution is 2.30. The Labute approximate surface area is 122 Å². The summed E-state index contributed by atoms with van der Waals surface area (Å²) in [5.74, 6) is 0. The lowest BCUT2D eigenvalue weighted by Crippen LogP contribution is -2.60. The molecule has 112 valence electrons. The van der Waals surface area contributed by atoms with Crippen molar-refractivity contribution in [1.82, 2.24) is 5.32 Å². The molecule has 1 fully saturated rings. The lowest BCUT2D eigenvalue weighted by molar-refractivity contribution is -0.133. The van der Waals surface area contributed by atoms with Crippen molar-refractivity contribution in [3.63, 3.8) is 0 Å². The first-order chi connectivity index (χ1) is 9.69. The predicted molar refractivity (Wildman–Crippen MR) is 82.0 cm³/mol. The van der Waals surface area contributed by atoms with Crippen molar-refractivity contribution >= 4 is 0 Å². The molecule has 0 bridgehead atoms. The molecule has 20 heavy (non-hydrogen) atoms. The Kier molecular flexibility index (Phi) is 5.58. The molecule has 1 aromatic carbocycles. The largest absolute Gasteiger partial charge is 0.377 e. The van der Waals surface area contributed by atoms with Crippen LogP contribution < -0.4 is 5.32 Å². The molecule has 0 amide bonds. The van der Waals surface area contributed by atoms with Crippen molar-refractivity contribution in [2.45, 2.75) is 57.9 Å². The first-order valence-electron chi connectivity index (χ1n) is 7.66. The maximum absolute atomic E-state index is 5.68. The molecule has 1 N–H and O–H groups in total. The van der Waals surface area contributed by atoms with Gasteiger partial charge in [0.15, 0.2) is 0 Å². The van der Waals surface area contributed by atoms with E-state index in [4.69, 9.17) is 9.47 Å². The summed E-state index contributed by atoms with van der Waals surface area (Å²) in [7, 11) is 1.78. The highest BCUT2D eigenvalue weighted by molar-refractivity contribution is 5.24. The van der Waals surface area contributed by atoms with Gasteiger partial charge in [0.25, 0.3) is 0 Å². The number of benzene rings is 1. The van der Waals surface area contributed by atoms with E-state index in [9.17, 15) is 0 Å². The van der Waals surface area contributed by atoms with Crippen LogP contribution in [0.4, 0.5) is 0 Å². The monoisotopic (exact) mass is 277 g/mol. The van der Waals surface area contributed by atoms with E-state index in [0.29, 0.717) is 12.1 Å². The second kappa shape index (κ2) is 7.21. The van der Waals surface area contributed by atoms with Crippen LogP contribution in [0.5, 0.6) is 0 Å². The van der Waals surface area contributed by atoms with Crippen molar-refractivity contribution in [3.05, 3.63) is 35.4 Å². The maximum atomic E-state index is 5.68. The van der Waals surface area contributed by atoms with Crippen LogP contribution in [0, 0.1) is 6.92 Å². The van der Waals surface area contributed by atoms with Crippen LogP contribution in [0.2, 0.25) is 0 Å². The number of nitrogens with one attached hydrogen (secondary N) is 1. The van der Waals surface area contributed by atoms with Gasteiger partial charge in [-0.2, -0.15) is 0 Å². The van der Waals surface area contributed by atoms with Crippen molar-refractivity contribution in [2.75, 3.05) is 13.7 Å². The summed E-state index contributed by atoms with van der Waals surface area (Å²) in [6.07, 6.45) is 2.54. The molecule has 0 aromatic heterocycles. The number of aryl methyl sites for hydroxylation is 1. The first-order valence-corrected chi connectivity index (χ1v) is 7.66. The number of rotatable bonds is 7. The molecule has 3 nitrogen and oxygen atoms in total. The van der Waals surface area contributed by atoms with Crippen LogP contribution >= 0.6 is 0 Å². The molecule has 2 rings (SSSR count). The molecule has 0 spiro atoms. The quantitative estimate of drug-likeness (QED) is 0.830. The van der Waals surface area contributed by atoms with Gasteiger partial charge in [0.1, 0.15) is 0 Å². The van der Waals surface area contributed by atoms with E-state index in [1.807, 2.05) is 6.92 Å². The third-order valence-electron chi connectivity index (χ3n) is 4.21. The summed E-state index contributed by atoms with van der Waals surface area (Å²) in [6.45, 7) is 7.14. The van der Waals surface area contributed by atoms with Crippen LogP contribution in [-0.2, 0) is 9.47 Å². The Morgan fingerprint density at radius 3 is 2.50 bits per heavy atom. The summed E-state index contributed by atoms with van der Waals surface area (Å²) in [6, 6.07) is 9.58. The number of ether oxygens (including phenoxy) is 2. The minimum Gasteiger partial charge on any atom is -0.377 e. The van der Waals surface area contributed by atoms with E-state index in [-0.39, 0.29) is 12.2 Å². The van der Waals surface area contributed by atoms with E-state index in [1.54, 1.807) is 7.11 Å². The standard InChI is InChI=1S/C17H27NO2/c1-5-14(13-9-7-12(3)8-10-13)18-15-11-16(20-6-2)17(15)19-4/h7-10,14-18H,5-6,11H2,1-4H3. The Hall–Kier alpha value is -0.900. The second-order valence-corrected chi connectivity index (χ2v) is 5.57. The van der Waals surface area contributed by atoms with E-state index in [2.05, 4.69) is 43.4 Å². The van der Waals surface area contributed by atoms with Gasteiger partial charge in [-0.3, -0.25) is 0 Å². The molecule has 0 aliphatic heterocycles. The summed E-state index contributed by atoms with van der Waals surface area (Å²) in [5.41, 5.74) is 2.66. The van der Waals surface area contributed by atoms with Gasteiger partial charge < -0.3 is 14.8 Å².